The average Bonchev–Trinajstić information content (AvgIpc) is 2.56. The topological polar surface area (TPSA) is 102 Å². The van der Waals surface area contributed by atoms with Crippen LogP contribution in [0.3, 0.4) is 0 Å². The fourth-order valence-corrected chi connectivity index (χ4v) is 1.96. The highest BCUT2D eigenvalue weighted by Crippen LogP contribution is 2.20. The normalized spacial score (nSPS) is 13.0. The molecule has 0 spiro atoms. The molecular weight excluding hydrogens is 338 g/mol. The van der Waals surface area contributed by atoms with Crippen LogP contribution in [-0.4, -0.2) is 41.2 Å². The van der Waals surface area contributed by atoms with Crippen LogP contribution in [0.2, 0.25) is 0 Å². The van der Waals surface area contributed by atoms with E-state index in [4.69, 9.17) is 9.47 Å². The fraction of sp³-hybridized carbons (Fsp3) is 0.526. The van der Waals surface area contributed by atoms with Gasteiger partial charge in [0.05, 0.1) is 12.2 Å². The van der Waals surface area contributed by atoms with Crippen LogP contribution >= 0.6 is 0 Å². The van der Waals surface area contributed by atoms with Gasteiger partial charge in [-0.05, 0) is 40.2 Å². The Balaban J connectivity index is 2.79. The number of Topliss-reactive ketones (excluding diaryl/α,β-unsaturated/α-hetero) is 1. The summed E-state index contributed by atoms with van der Waals surface area (Å²) in [5.41, 5.74) is -1.43. The van der Waals surface area contributed by atoms with Gasteiger partial charge in [0, 0.05) is 0 Å². The zero-order chi connectivity index (χ0) is 20.0. The van der Waals surface area contributed by atoms with Gasteiger partial charge in [-0.25, -0.2) is 4.79 Å². The number of amides is 1. The predicted molar refractivity (Wildman–Crippen MR) is 95.7 cm³/mol. The molecule has 1 amide bonds. The Morgan fingerprint density at radius 1 is 1.08 bits per heavy atom. The monoisotopic (exact) mass is 365 g/mol. The van der Waals surface area contributed by atoms with E-state index in [1.165, 1.54) is 13.8 Å². The fourth-order valence-electron chi connectivity index (χ4n) is 1.96. The van der Waals surface area contributed by atoms with Crippen molar-refractivity contribution in [2.75, 3.05) is 6.61 Å². The third-order valence-electron chi connectivity index (χ3n) is 3.66. The Morgan fingerprint density at radius 3 is 2.15 bits per heavy atom. The second kappa shape index (κ2) is 8.80. The maximum Gasteiger partial charge on any atom is 0.408 e. The molecule has 0 aliphatic heterocycles. The molecular formula is C19H27NO6. The summed E-state index contributed by atoms with van der Waals surface area (Å²) >= 11 is 0. The number of hydrogen-bond donors (Lipinski definition) is 2. The first-order chi connectivity index (χ1) is 11.9. The van der Waals surface area contributed by atoms with Crippen molar-refractivity contribution in [3.05, 3.63) is 35.9 Å². The summed E-state index contributed by atoms with van der Waals surface area (Å²) in [7, 11) is 0. The van der Waals surface area contributed by atoms with Crippen molar-refractivity contribution in [3.8, 4) is 0 Å². The van der Waals surface area contributed by atoms with Gasteiger partial charge in [-0.15, -0.1) is 0 Å². The molecule has 0 saturated carbocycles. The zero-order valence-corrected chi connectivity index (χ0v) is 15.9. The molecule has 0 aliphatic rings. The number of alkyl carbamates (subject to hydrolysis) is 1. The highest BCUT2D eigenvalue weighted by Gasteiger charge is 2.41. The molecule has 0 radical (unpaired) electrons. The number of carbonyl (C=O) groups is 3. The lowest BCUT2D eigenvalue weighted by Crippen LogP contribution is -2.52. The molecule has 1 rings (SSSR count). The maximum absolute atomic E-state index is 12.6. The average molecular weight is 365 g/mol. The van der Waals surface area contributed by atoms with Crippen molar-refractivity contribution in [2.24, 2.45) is 5.41 Å². The molecule has 144 valence electrons. The molecule has 26 heavy (non-hydrogen) atoms. The summed E-state index contributed by atoms with van der Waals surface area (Å²) in [6.45, 7) is 7.85. The van der Waals surface area contributed by atoms with E-state index in [-0.39, 0.29) is 13.2 Å². The molecule has 0 aliphatic carbocycles. The number of carboxylic acid groups (broad SMARTS) is 1. The largest absolute Gasteiger partial charge is 0.481 e. The van der Waals surface area contributed by atoms with Gasteiger partial charge in [-0.3, -0.25) is 9.59 Å². The first-order valence-corrected chi connectivity index (χ1v) is 8.32. The van der Waals surface area contributed by atoms with Gasteiger partial charge >= 0.3 is 12.1 Å². The lowest BCUT2D eigenvalue weighted by molar-refractivity contribution is -0.154. The van der Waals surface area contributed by atoms with Gasteiger partial charge in [0.1, 0.15) is 18.1 Å². The van der Waals surface area contributed by atoms with Crippen LogP contribution in [0.1, 0.15) is 40.2 Å². The molecule has 1 atom stereocenters. The molecule has 0 fully saturated rings. The molecule has 0 aromatic heterocycles. The molecule has 0 bridgehead atoms. The van der Waals surface area contributed by atoms with Crippen LogP contribution in [-0.2, 0) is 25.7 Å². The molecule has 1 unspecified atom stereocenters. The van der Waals surface area contributed by atoms with Crippen LogP contribution in [0, 0.1) is 5.41 Å². The Labute approximate surface area is 153 Å². The highest BCUT2D eigenvalue weighted by atomic mass is 16.5. The molecule has 7 nitrogen and oxygen atoms in total. The van der Waals surface area contributed by atoms with Gasteiger partial charge in [-0.2, -0.15) is 0 Å². The van der Waals surface area contributed by atoms with Crippen molar-refractivity contribution in [1.29, 1.82) is 0 Å². The quantitative estimate of drug-likeness (QED) is 0.687. The Hall–Kier alpha value is -2.41. The number of ketones is 1. The smallest absolute Gasteiger partial charge is 0.408 e. The molecule has 1 aromatic rings. The molecule has 1 aromatic carbocycles. The number of benzene rings is 1. The van der Waals surface area contributed by atoms with Crippen LogP contribution in [0.25, 0.3) is 0 Å². The van der Waals surface area contributed by atoms with Crippen molar-refractivity contribution in [1.82, 2.24) is 5.32 Å². The molecule has 0 heterocycles. The second-order valence-electron chi connectivity index (χ2n) is 7.48. The minimum Gasteiger partial charge on any atom is -0.481 e. The third-order valence-corrected chi connectivity index (χ3v) is 3.66. The first-order valence-electron chi connectivity index (χ1n) is 8.32. The number of carbonyl (C=O) groups excluding carboxylic acids is 2. The number of nitrogens with one attached hydrogen (secondary N) is 1. The second-order valence-corrected chi connectivity index (χ2v) is 7.48. The zero-order valence-electron chi connectivity index (χ0n) is 15.9. The third kappa shape index (κ3) is 6.84. The van der Waals surface area contributed by atoms with Gasteiger partial charge in [-0.1, -0.05) is 30.3 Å². The standard InChI is InChI=1S/C19H27NO6/c1-18(2,3)26-12-14(15(21)19(4,5)16(22)23)20-17(24)25-11-13-9-7-6-8-10-13/h6-10,14H,11-12H2,1-5H3,(H,20,24)(H,22,23). The van der Waals surface area contributed by atoms with Crippen molar-refractivity contribution < 1.29 is 29.0 Å². The van der Waals surface area contributed by atoms with Crippen molar-refractivity contribution in [3.63, 3.8) is 0 Å². The minimum atomic E-state index is -1.67. The van der Waals surface area contributed by atoms with Gasteiger partial charge in [0.25, 0.3) is 0 Å². The lowest BCUT2D eigenvalue weighted by atomic mass is 9.84. The number of rotatable bonds is 8. The van der Waals surface area contributed by atoms with Gasteiger partial charge < -0.3 is 19.9 Å². The Kier molecular flexibility index (Phi) is 7.32. The predicted octanol–water partition coefficient (Wildman–Crippen LogP) is 2.78. The van der Waals surface area contributed by atoms with Crippen LogP contribution in [0.4, 0.5) is 4.79 Å². The molecule has 0 saturated heterocycles. The molecule has 7 heteroatoms. The summed E-state index contributed by atoms with van der Waals surface area (Å²) in [4.78, 5) is 36.0. The maximum atomic E-state index is 12.6. The lowest BCUT2D eigenvalue weighted by Gasteiger charge is -2.28. The highest BCUT2D eigenvalue weighted by molar-refractivity contribution is 6.05. The van der Waals surface area contributed by atoms with Gasteiger partial charge in [0.15, 0.2) is 5.78 Å². The number of aliphatic carboxylic acids is 1. The minimum absolute atomic E-state index is 0.0377. The van der Waals surface area contributed by atoms with E-state index < -0.39 is 34.9 Å². The van der Waals surface area contributed by atoms with Crippen LogP contribution in [0.5, 0.6) is 0 Å². The first kappa shape index (κ1) is 21.6. The van der Waals surface area contributed by atoms with Crippen molar-refractivity contribution in [2.45, 2.75) is 52.9 Å². The van der Waals surface area contributed by atoms with E-state index in [2.05, 4.69) is 5.32 Å². The van der Waals surface area contributed by atoms with Crippen molar-refractivity contribution >= 4 is 17.8 Å². The van der Waals surface area contributed by atoms with Gasteiger partial charge in [0.2, 0.25) is 0 Å². The summed E-state index contributed by atoms with van der Waals surface area (Å²) in [6.07, 6.45) is -0.814. The summed E-state index contributed by atoms with van der Waals surface area (Å²) in [5.74, 6) is -1.94. The molecule has 2 N–H and O–H groups in total. The number of ether oxygens (including phenoxy) is 2. The summed E-state index contributed by atoms with van der Waals surface area (Å²) < 4.78 is 10.7. The Bertz CT molecular complexity index is 633. The number of carboxylic acids is 1. The van der Waals surface area contributed by atoms with E-state index in [1.54, 1.807) is 32.9 Å². The summed E-state index contributed by atoms with van der Waals surface area (Å²) in [5, 5.41) is 11.7. The van der Waals surface area contributed by atoms with Crippen LogP contribution in [0.15, 0.2) is 30.3 Å². The number of hydrogen-bond acceptors (Lipinski definition) is 5. The van der Waals surface area contributed by atoms with E-state index in [1.807, 2.05) is 18.2 Å². The van der Waals surface area contributed by atoms with E-state index in [0.29, 0.717) is 0 Å². The van der Waals surface area contributed by atoms with E-state index in [9.17, 15) is 19.5 Å². The van der Waals surface area contributed by atoms with E-state index >= 15 is 0 Å². The van der Waals surface area contributed by atoms with E-state index in [0.717, 1.165) is 5.56 Å². The van der Waals surface area contributed by atoms with Crippen LogP contribution < -0.4 is 5.32 Å². The Morgan fingerprint density at radius 2 is 1.65 bits per heavy atom. The SMILES string of the molecule is CC(C)(C)OCC(NC(=O)OCc1ccccc1)C(=O)C(C)(C)C(=O)O. The summed E-state index contributed by atoms with van der Waals surface area (Å²) in [6, 6.07) is 7.93.